The van der Waals surface area contributed by atoms with E-state index < -0.39 is 5.60 Å². The molecule has 4 nitrogen and oxygen atoms in total. The predicted molar refractivity (Wildman–Crippen MR) is 75.0 cm³/mol. The molecule has 0 atom stereocenters. The number of carbonyl (C=O) groups excluding carboxylic acids is 1. The van der Waals surface area contributed by atoms with Crippen LogP contribution in [0.25, 0.3) is 10.8 Å². The highest BCUT2D eigenvalue weighted by atomic mass is 16.3. The van der Waals surface area contributed by atoms with Crippen LogP contribution in [0.1, 0.15) is 24.3 Å². The van der Waals surface area contributed by atoms with Crippen molar-refractivity contribution in [2.75, 3.05) is 13.6 Å². The quantitative estimate of drug-likeness (QED) is 0.917. The molecule has 0 aliphatic heterocycles. The molecule has 2 rings (SSSR count). The number of aromatic nitrogens is 1. The summed E-state index contributed by atoms with van der Waals surface area (Å²) in [4.78, 5) is 18.1. The van der Waals surface area contributed by atoms with Crippen molar-refractivity contribution in [3.8, 4) is 0 Å². The summed E-state index contributed by atoms with van der Waals surface area (Å²) in [6.45, 7) is 3.61. The largest absolute Gasteiger partial charge is 0.389 e. The van der Waals surface area contributed by atoms with E-state index >= 15 is 0 Å². The molecule has 0 radical (unpaired) electrons. The summed E-state index contributed by atoms with van der Waals surface area (Å²) < 4.78 is 0. The van der Waals surface area contributed by atoms with Gasteiger partial charge in [-0.3, -0.25) is 9.78 Å². The van der Waals surface area contributed by atoms with Gasteiger partial charge in [-0.1, -0.05) is 24.3 Å². The smallest absolute Gasteiger partial charge is 0.272 e. The predicted octanol–water partition coefficient (Wildman–Crippen LogP) is 2.08. The molecule has 0 spiro atoms. The number of likely N-dealkylation sites (N-methyl/N-ethyl adjacent to an activating group) is 1. The van der Waals surface area contributed by atoms with Crippen molar-refractivity contribution in [1.82, 2.24) is 9.88 Å². The Hall–Kier alpha value is -1.94. The first kappa shape index (κ1) is 13.5. The zero-order valence-corrected chi connectivity index (χ0v) is 11.4. The third-order valence-electron chi connectivity index (χ3n) is 2.85. The van der Waals surface area contributed by atoms with Crippen LogP contribution < -0.4 is 0 Å². The van der Waals surface area contributed by atoms with Gasteiger partial charge >= 0.3 is 0 Å². The number of nitrogens with zero attached hydrogens (tertiary/aromatic N) is 2. The van der Waals surface area contributed by atoms with Crippen molar-refractivity contribution in [3.05, 3.63) is 42.2 Å². The molecule has 1 heterocycles. The van der Waals surface area contributed by atoms with Crippen LogP contribution >= 0.6 is 0 Å². The van der Waals surface area contributed by atoms with Crippen molar-refractivity contribution < 1.29 is 9.90 Å². The van der Waals surface area contributed by atoms with Gasteiger partial charge in [-0.05, 0) is 25.3 Å². The molecule has 1 N–H and O–H groups in total. The summed E-state index contributed by atoms with van der Waals surface area (Å²) in [6.07, 6.45) is 1.63. The second-order valence-electron chi connectivity index (χ2n) is 5.35. The topological polar surface area (TPSA) is 53.4 Å². The first-order valence-corrected chi connectivity index (χ1v) is 6.20. The molecule has 19 heavy (non-hydrogen) atoms. The molecule has 1 aromatic heterocycles. The molecule has 0 saturated carbocycles. The van der Waals surface area contributed by atoms with E-state index in [9.17, 15) is 9.90 Å². The summed E-state index contributed by atoms with van der Waals surface area (Å²) in [5.74, 6) is -0.182. The van der Waals surface area contributed by atoms with Gasteiger partial charge in [0.1, 0.15) is 5.69 Å². The van der Waals surface area contributed by atoms with Gasteiger partial charge in [-0.2, -0.15) is 0 Å². The molecule has 4 heteroatoms. The highest BCUT2D eigenvalue weighted by Crippen LogP contribution is 2.18. The van der Waals surface area contributed by atoms with Crippen LogP contribution in [-0.4, -0.2) is 40.1 Å². The van der Waals surface area contributed by atoms with Crippen molar-refractivity contribution >= 4 is 16.7 Å². The van der Waals surface area contributed by atoms with Gasteiger partial charge in [0.15, 0.2) is 0 Å². The number of aliphatic hydroxyl groups is 1. The highest BCUT2D eigenvalue weighted by Gasteiger charge is 2.22. The Morgan fingerprint density at radius 2 is 2.00 bits per heavy atom. The summed E-state index contributed by atoms with van der Waals surface area (Å²) in [5, 5.41) is 11.6. The van der Waals surface area contributed by atoms with E-state index in [1.807, 2.05) is 30.3 Å². The minimum absolute atomic E-state index is 0.182. The SMILES string of the molecule is CN(CC(C)(C)O)C(=O)c1nccc2ccccc12. The Kier molecular flexibility index (Phi) is 3.53. The first-order chi connectivity index (χ1) is 8.88. The van der Waals surface area contributed by atoms with Crippen LogP contribution in [0.4, 0.5) is 0 Å². The Labute approximate surface area is 112 Å². The van der Waals surface area contributed by atoms with Crippen LogP contribution in [0.15, 0.2) is 36.5 Å². The minimum atomic E-state index is -0.922. The normalized spacial score (nSPS) is 11.6. The van der Waals surface area contributed by atoms with Crippen molar-refractivity contribution in [2.24, 2.45) is 0 Å². The molecular weight excluding hydrogens is 240 g/mol. The van der Waals surface area contributed by atoms with Crippen LogP contribution in [0.3, 0.4) is 0 Å². The van der Waals surface area contributed by atoms with Gasteiger partial charge in [0, 0.05) is 25.2 Å². The Morgan fingerprint density at radius 3 is 2.68 bits per heavy atom. The maximum absolute atomic E-state index is 12.4. The zero-order chi connectivity index (χ0) is 14.0. The summed E-state index contributed by atoms with van der Waals surface area (Å²) in [5.41, 5.74) is -0.500. The van der Waals surface area contributed by atoms with Crippen LogP contribution in [0.5, 0.6) is 0 Å². The molecule has 0 aliphatic rings. The minimum Gasteiger partial charge on any atom is -0.389 e. The van der Waals surface area contributed by atoms with Gasteiger partial charge in [0.2, 0.25) is 0 Å². The number of rotatable bonds is 3. The van der Waals surface area contributed by atoms with E-state index in [0.29, 0.717) is 5.69 Å². The number of carbonyl (C=O) groups is 1. The van der Waals surface area contributed by atoms with Crippen LogP contribution in [0, 0.1) is 0 Å². The Morgan fingerprint density at radius 1 is 1.32 bits per heavy atom. The van der Waals surface area contributed by atoms with Crippen molar-refractivity contribution in [1.29, 1.82) is 0 Å². The molecule has 1 aromatic carbocycles. The number of hydrogen-bond acceptors (Lipinski definition) is 3. The molecule has 1 amide bonds. The summed E-state index contributed by atoms with van der Waals surface area (Å²) in [7, 11) is 1.67. The fourth-order valence-corrected chi connectivity index (χ4v) is 2.12. The molecule has 0 saturated heterocycles. The lowest BCUT2D eigenvalue weighted by Crippen LogP contribution is -2.40. The molecule has 0 unspecified atom stereocenters. The summed E-state index contributed by atoms with van der Waals surface area (Å²) >= 11 is 0. The fraction of sp³-hybridized carbons (Fsp3) is 0.333. The molecule has 2 aromatic rings. The number of benzene rings is 1. The number of amides is 1. The van der Waals surface area contributed by atoms with Gasteiger partial charge < -0.3 is 10.0 Å². The third kappa shape index (κ3) is 3.09. The molecule has 100 valence electrons. The average Bonchev–Trinajstić information content (AvgIpc) is 2.35. The number of fused-ring (bicyclic) bond motifs is 1. The van der Waals surface area contributed by atoms with Crippen molar-refractivity contribution in [2.45, 2.75) is 19.4 Å². The van der Waals surface area contributed by atoms with Crippen LogP contribution in [-0.2, 0) is 0 Å². The van der Waals surface area contributed by atoms with Gasteiger partial charge in [0.25, 0.3) is 5.91 Å². The Bertz CT molecular complexity index is 597. The van der Waals surface area contributed by atoms with E-state index in [1.165, 1.54) is 4.90 Å². The second-order valence-corrected chi connectivity index (χ2v) is 5.35. The molecule has 0 aliphatic carbocycles. The monoisotopic (exact) mass is 258 g/mol. The van der Waals surface area contributed by atoms with E-state index in [0.717, 1.165) is 10.8 Å². The van der Waals surface area contributed by atoms with E-state index in [2.05, 4.69) is 4.98 Å². The zero-order valence-electron chi connectivity index (χ0n) is 11.4. The lowest BCUT2D eigenvalue weighted by molar-refractivity contribution is 0.0366. The van der Waals surface area contributed by atoms with Crippen LogP contribution in [0.2, 0.25) is 0 Å². The van der Waals surface area contributed by atoms with E-state index in [4.69, 9.17) is 0 Å². The fourth-order valence-electron chi connectivity index (χ4n) is 2.12. The molecular formula is C15H18N2O2. The van der Waals surface area contributed by atoms with Gasteiger partial charge in [0.05, 0.1) is 5.60 Å². The average molecular weight is 258 g/mol. The Balaban J connectivity index is 2.36. The van der Waals surface area contributed by atoms with E-state index in [-0.39, 0.29) is 12.5 Å². The standard InChI is InChI=1S/C15H18N2O2/c1-15(2,19)10-17(3)14(18)13-12-7-5-4-6-11(12)8-9-16-13/h4-9,19H,10H2,1-3H3. The van der Waals surface area contributed by atoms with Gasteiger partial charge in [-0.25, -0.2) is 0 Å². The number of hydrogen-bond donors (Lipinski definition) is 1. The molecule has 0 bridgehead atoms. The lowest BCUT2D eigenvalue weighted by atomic mass is 10.1. The third-order valence-corrected chi connectivity index (χ3v) is 2.85. The summed E-state index contributed by atoms with van der Waals surface area (Å²) in [6, 6.07) is 9.52. The lowest BCUT2D eigenvalue weighted by Gasteiger charge is -2.25. The maximum atomic E-state index is 12.4. The van der Waals surface area contributed by atoms with E-state index in [1.54, 1.807) is 27.1 Å². The first-order valence-electron chi connectivity index (χ1n) is 6.20. The van der Waals surface area contributed by atoms with Crippen molar-refractivity contribution in [3.63, 3.8) is 0 Å². The highest BCUT2D eigenvalue weighted by molar-refractivity contribution is 6.05. The van der Waals surface area contributed by atoms with Gasteiger partial charge in [-0.15, -0.1) is 0 Å². The molecule has 0 fully saturated rings. The number of pyridine rings is 1. The maximum Gasteiger partial charge on any atom is 0.272 e. The second kappa shape index (κ2) is 4.97.